The van der Waals surface area contributed by atoms with Gasteiger partial charge in [0.2, 0.25) is 5.91 Å². The van der Waals surface area contributed by atoms with Crippen LogP contribution >= 0.6 is 23.4 Å². The highest BCUT2D eigenvalue weighted by Gasteiger charge is 2.09. The predicted octanol–water partition coefficient (Wildman–Crippen LogP) is 1.90. The number of imide groups is 1. The summed E-state index contributed by atoms with van der Waals surface area (Å²) in [5.74, 6) is -0.404. The number of anilines is 1. The number of carbonyl (C=O) groups is 2. The van der Waals surface area contributed by atoms with E-state index in [1.54, 1.807) is 18.2 Å². The van der Waals surface area contributed by atoms with Crippen molar-refractivity contribution in [2.24, 2.45) is 0 Å². The van der Waals surface area contributed by atoms with Crippen molar-refractivity contribution in [1.82, 2.24) is 5.32 Å². The lowest BCUT2D eigenvalue weighted by Crippen LogP contribution is -2.31. The Labute approximate surface area is 108 Å². The number of amides is 2. The van der Waals surface area contributed by atoms with Crippen LogP contribution in [0.3, 0.4) is 0 Å². The van der Waals surface area contributed by atoms with E-state index in [2.05, 4.69) is 4.74 Å². The number of methoxy groups -OCH3 is 1. The van der Waals surface area contributed by atoms with Crippen molar-refractivity contribution in [2.45, 2.75) is 4.90 Å². The van der Waals surface area contributed by atoms with Crippen molar-refractivity contribution in [1.29, 1.82) is 0 Å². The monoisotopic (exact) mass is 274 g/mol. The van der Waals surface area contributed by atoms with E-state index >= 15 is 0 Å². The molecule has 0 bridgehead atoms. The molecule has 0 fully saturated rings. The molecule has 1 aromatic carbocycles. The molecule has 0 spiro atoms. The molecule has 0 radical (unpaired) electrons. The smallest absolute Gasteiger partial charge is 0.413 e. The Kier molecular flexibility index (Phi) is 5.11. The minimum Gasteiger partial charge on any atom is -0.453 e. The van der Waals surface area contributed by atoms with Gasteiger partial charge in [-0.15, -0.1) is 11.8 Å². The number of thioether (sulfide) groups is 1. The summed E-state index contributed by atoms with van der Waals surface area (Å²) in [6.45, 7) is 0. The predicted molar refractivity (Wildman–Crippen MR) is 67.1 cm³/mol. The fraction of sp³-hybridized carbons (Fsp3) is 0.200. The molecule has 92 valence electrons. The van der Waals surface area contributed by atoms with Gasteiger partial charge < -0.3 is 10.5 Å². The highest BCUT2D eigenvalue weighted by Crippen LogP contribution is 2.28. The van der Waals surface area contributed by atoms with E-state index in [0.29, 0.717) is 15.6 Å². The van der Waals surface area contributed by atoms with Crippen LogP contribution in [-0.2, 0) is 9.53 Å². The molecule has 3 N–H and O–H groups in total. The molecule has 0 aliphatic heterocycles. The van der Waals surface area contributed by atoms with Crippen molar-refractivity contribution in [2.75, 3.05) is 18.6 Å². The molecular weight excluding hydrogens is 264 g/mol. The number of benzene rings is 1. The first-order chi connectivity index (χ1) is 8.02. The fourth-order valence-corrected chi connectivity index (χ4v) is 2.04. The molecule has 0 aliphatic carbocycles. The van der Waals surface area contributed by atoms with Crippen molar-refractivity contribution in [3.8, 4) is 0 Å². The summed E-state index contributed by atoms with van der Waals surface area (Å²) in [6, 6.07) is 4.98. The molecule has 0 atom stereocenters. The third-order valence-corrected chi connectivity index (χ3v) is 3.24. The molecule has 1 rings (SSSR count). The fourth-order valence-electron chi connectivity index (χ4n) is 0.975. The van der Waals surface area contributed by atoms with Gasteiger partial charge in [0.25, 0.3) is 0 Å². The quantitative estimate of drug-likeness (QED) is 0.650. The van der Waals surface area contributed by atoms with Crippen LogP contribution in [0.4, 0.5) is 10.5 Å². The first-order valence-electron chi connectivity index (χ1n) is 4.58. The maximum absolute atomic E-state index is 11.3. The molecule has 0 unspecified atom stereocenters. The Bertz CT molecular complexity index is 440. The lowest BCUT2D eigenvalue weighted by Gasteiger charge is -2.05. The highest BCUT2D eigenvalue weighted by molar-refractivity contribution is 8.00. The molecule has 0 aliphatic rings. The number of halogens is 1. The van der Waals surface area contributed by atoms with Gasteiger partial charge in [-0.25, -0.2) is 4.79 Å². The van der Waals surface area contributed by atoms with E-state index in [-0.39, 0.29) is 5.75 Å². The second-order valence-electron chi connectivity index (χ2n) is 3.02. The van der Waals surface area contributed by atoms with Gasteiger partial charge in [0.05, 0.1) is 17.9 Å². The maximum atomic E-state index is 11.3. The van der Waals surface area contributed by atoms with Crippen molar-refractivity contribution >= 4 is 41.1 Å². The number of nitrogens with one attached hydrogen (secondary N) is 1. The number of ether oxygens (including phenoxy) is 1. The van der Waals surface area contributed by atoms with Gasteiger partial charge in [-0.2, -0.15) is 0 Å². The lowest BCUT2D eigenvalue weighted by atomic mass is 10.3. The lowest BCUT2D eigenvalue weighted by molar-refractivity contribution is -0.117. The number of hydrogen-bond donors (Lipinski definition) is 2. The molecule has 17 heavy (non-hydrogen) atoms. The van der Waals surface area contributed by atoms with Crippen LogP contribution in [0.15, 0.2) is 23.1 Å². The van der Waals surface area contributed by atoms with E-state index in [1.807, 2.05) is 5.32 Å². The zero-order valence-electron chi connectivity index (χ0n) is 9.03. The Balaban J connectivity index is 2.53. The van der Waals surface area contributed by atoms with Gasteiger partial charge in [0.15, 0.2) is 0 Å². The van der Waals surface area contributed by atoms with E-state index in [0.717, 1.165) is 0 Å². The Morgan fingerprint density at radius 2 is 2.24 bits per heavy atom. The van der Waals surface area contributed by atoms with Crippen LogP contribution < -0.4 is 11.1 Å². The average Bonchev–Trinajstić information content (AvgIpc) is 2.30. The number of hydrogen-bond acceptors (Lipinski definition) is 5. The summed E-state index contributed by atoms with van der Waals surface area (Å²) < 4.78 is 4.29. The Morgan fingerprint density at radius 3 is 2.88 bits per heavy atom. The number of alkyl carbamates (subject to hydrolysis) is 1. The molecule has 0 saturated heterocycles. The number of rotatable bonds is 3. The first-order valence-corrected chi connectivity index (χ1v) is 5.95. The summed E-state index contributed by atoms with van der Waals surface area (Å²) in [5.41, 5.74) is 6.15. The van der Waals surface area contributed by atoms with Crippen LogP contribution in [0, 0.1) is 0 Å². The summed E-state index contributed by atoms with van der Waals surface area (Å²) in [7, 11) is 1.19. The molecule has 0 saturated carbocycles. The van der Waals surface area contributed by atoms with Crippen LogP contribution in [0.2, 0.25) is 5.02 Å². The molecule has 2 amide bonds. The first kappa shape index (κ1) is 13.7. The SMILES string of the molecule is COC(=O)NC(=O)CSc1cc(N)ccc1Cl. The topological polar surface area (TPSA) is 81.4 Å². The van der Waals surface area contributed by atoms with E-state index in [4.69, 9.17) is 17.3 Å². The molecule has 1 aromatic rings. The van der Waals surface area contributed by atoms with Crippen molar-refractivity contribution in [3.05, 3.63) is 23.2 Å². The standard InChI is InChI=1S/C10H11ClN2O3S/c1-16-10(15)13-9(14)5-17-8-4-6(12)2-3-7(8)11/h2-4H,5,12H2,1H3,(H,13,14,15). The van der Waals surface area contributed by atoms with E-state index in [9.17, 15) is 9.59 Å². The summed E-state index contributed by atoms with van der Waals surface area (Å²) in [5, 5.41) is 2.55. The van der Waals surface area contributed by atoms with Gasteiger partial charge in [-0.05, 0) is 18.2 Å². The summed E-state index contributed by atoms with van der Waals surface area (Å²) in [4.78, 5) is 22.7. The molecule has 0 heterocycles. The number of nitrogen functional groups attached to an aromatic ring is 1. The van der Waals surface area contributed by atoms with Crippen molar-refractivity contribution < 1.29 is 14.3 Å². The van der Waals surface area contributed by atoms with Gasteiger partial charge >= 0.3 is 6.09 Å². The van der Waals surface area contributed by atoms with Gasteiger partial charge in [0.1, 0.15) is 0 Å². The zero-order chi connectivity index (χ0) is 12.8. The Morgan fingerprint density at radius 1 is 1.53 bits per heavy atom. The third-order valence-electron chi connectivity index (χ3n) is 1.74. The van der Waals surface area contributed by atoms with Crippen molar-refractivity contribution in [3.63, 3.8) is 0 Å². The number of nitrogens with two attached hydrogens (primary N) is 1. The molecule has 7 heteroatoms. The molecule has 5 nitrogen and oxygen atoms in total. The molecular formula is C10H11ClN2O3S. The minimum atomic E-state index is -0.783. The highest BCUT2D eigenvalue weighted by atomic mass is 35.5. The van der Waals surface area contributed by atoms with Crippen LogP contribution in [0.5, 0.6) is 0 Å². The summed E-state index contributed by atoms with van der Waals surface area (Å²) in [6.07, 6.45) is -0.783. The van der Waals surface area contributed by atoms with Crippen LogP contribution in [0.25, 0.3) is 0 Å². The maximum Gasteiger partial charge on any atom is 0.413 e. The summed E-state index contributed by atoms with van der Waals surface area (Å²) >= 11 is 7.10. The largest absolute Gasteiger partial charge is 0.453 e. The minimum absolute atomic E-state index is 0.0538. The van der Waals surface area contributed by atoms with E-state index in [1.165, 1.54) is 18.9 Å². The second kappa shape index (κ2) is 6.36. The van der Waals surface area contributed by atoms with Crippen LogP contribution in [-0.4, -0.2) is 24.9 Å². The second-order valence-corrected chi connectivity index (χ2v) is 4.44. The Hall–Kier alpha value is -1.40. The van der Waals surface area contributed by atoms with Crippen LogP contribution in [0.1, 0.15) is 0 Å². The zero-order valence-corrected chi connectivity index (χ0v) is 10.6. The number of carbonyl (C=O) groups excluding carboxylic acids is 2. The van der Waals surface area contributed by atoms with Gasteiger partial charge in [-0.1, -0.05) is 11.6 Å². The van der Waals surface area contributed by atoms with Gasteiger partial charge in [0, 0.05) is 10.6 Å². The third kappa shape index (κ3) is 4.54. The molecule has 0 aromatic heterocycles. The average molecular weight is 275 g/mol. The normalized spacial score (nSPS) is 9.76. The van der Waals surface area contributed by atoms with Gasteiger partial charge in [-0.3, -0.25) is 10.1 Å². The van der Waals surface area contributed by atoms with E-state index < -0.39 is 12.0 Å².